The van der Waals surface area contributed by atoms with Crippen molar-refractivity contribution >= 4 is 33.3 Å². The van der Waals surface area contributed by atoms with Gasteiger partial charge in [-0.15, -0.1) is 10.2 Å². The van der Waals surface area contributed by atoms with Crippen molar-refractivity contribution in [1.82, 2.24) is 10.2 Å². The van der Waals surface area contributed by atoms with Gasteiger partial charge in [-0.2, -0.15) is 0 Å². The molecule has 1 fully saturated rings. The van der Waals surface area contributed by atoms with Crippen LogP contribution in [0.3, 0.4) is 0 Å². The lowest BCUT2D eigenvalue weighted by Gasteiger charge is -2.27. The second-order valence-electron chi connectivity index (χ2n) is 6.01. The lowest BCUT2D eigenvalue weighted by molar-refractivity contribution is 0.0995. The van der Waals surface area contributed by atoms with E-state index in [1.165, 1.54) is 0 Å². The Bertz CT molecular complexity index is 919. The average Bonchev–Trinajstić information content (AvgIpc) is 3.16. The van der Waals surface area contributed by atoms with Crippen LogP contribution in [0.25, 0.3) is 11.3 Å². The lowest BCUT2D eigenvalue weighted by atomic mass is 10.1. The quantitative estimate of drug-likeness (QED) is 0.683. The molecule has 4 rings (SSSR count). The number of morpholine rings is 1. The van der Waals surface area contributed by atoms with E-state index in [4.69, 9.17) is 9.15 Å². The Morgan fingerprint density at radius 3 is 2.41 bits per heavy atom. The molecule has 7 nitrogen and oxygen atoms in total. The smallest absolute Gasteiger partial charge is 0.291 e. The third kappa shape index (κ3) is 4.17. The van der Waals surface area contributed by atoms with Crippen LogP contribution in [-0.2, 0) is 4.74 Å². The van der Waals surface area contributed by atoms with E-state index in [1.807, 2.05) is 36.4 Å². The van der Waals surface area contributed by atoms with Gasteiger partial charge in [-0.3, -0.25) is 4.79 Å². The van der Waals surface area contributed by atoms with Crippen molar-refractivity contribution < 1.29 is 13.9 Å². The molecule has 3 aromatic rings. The van der Waals surface area contributed by atoms with Crippen LogP contribution in [0, 0.1) is 0 Å². The number of halogens is 1. The molecule has 1 amide bonds. The number of nitrogens with zero attached hydrogens (tertiary/aromatic N) is 3. The van der Waals surface area contributed by atoms with Crippen molar-refractivity contribution in [3.63, 3.8) is 0 Å². The topological polar surface area (TPSA) is 80.5 Å². The molecule has 0 bridgehead atoms. The maximum Gasteiger partial charge on any atom is 0.291 e. The Morgan fingerprint density at radius 1 is 1.00 bits per heavy atom. The summed E-state index contributed by atoms with van der Waals surface area (Å²) < 4.78 is 11.1. The van der Waals surface area contributed by atoms with Gasteiger partial charge in [0.15, 0.2) is 16.2 Å². The third-order valence-corrected chi connectivity index (χ3v) is 4.65. The maximum atomic E-state index is 12.1. The highest BCUT2D eigenvalue weighted by Gasteiger charge is 2.13. The first-order chi connectivity index (χ1) is 13.2. The first-order valence-corrected chi connectivity index (χ1v) is 9.32. The standard InChI is InChI=1S/C19H17BrN4O3/c20-17-7-6-16(27-17)19(25)21-14-3-1-13(2-4-14)15-5-8-18(23-22-15)24-9-11-26-12-10-24/h1-8H,9-12H2,(H,21,25). The predicted molar refractivity (Wildman–Crippen MR) is 105 cm³/mol. The van der Waals surface area contributed by atoms with E-state index >= 15 is 0 Å². The maximum absolute atomic E-state index is 12.1. The number of ether oxygens (including phenoxy) is 1. The molecule has 0 unspecified atom stereocenters. The number of nitrogens with one attached hydrogen (secondary N) is 1. The molecule has 1 aliphatic heterocycles. The number of hydrogen-bond donors (Lipinski definition) is 1. The fourth-order valence-electron chi connectivity index (χ4n) is 2.79. The van der Waals surface area contributed by atoms with Gasteiger partial charge in [-0.25, -0.2) is 0 Å². The zero-order chi connectivity index (χ0) is 18.6. The fraction of sp³-hybridized carbons (Fsp3) is 0.211. The summed E-state index contributed by atoms with van der Waals surface area (Å²) in [6.45, 7) is 3.08. The van der Waals surface area contributed by atoms with Gasteiger partial charge in [0.2, 0.25) is 0 Å². The molecule has 1 aromatic carbocycles. The number of anilines is 2. The second-order valence-corrected chi connectivity index (χ2v) is 6.79. The van der Waals surface area contributed by atoms with Gasteiger partial charge in [0.1, 0.15) is 0 Å². The molecule has 8 heteroatoms. The van der Waals surface area contributed by atoms with Crippen LogP contribution in [0.5, 0.6) is 0 Å². The number of carbonyl (C=O) groups excluding carboxylic acids is 1. The van der Waals surface area contributed by atoms with Crippen molar-refractivity contribution in [3.05, 3.63) is 59.0 Å². The van der Waals surface area contributed by atoms with E-state index in [0.29, 0.717) is 23.6 Å². The van der Waals surface area contributed by atoms with Gasteiger partial charge in [0.25, 0.3) is 5.91 Å². The van der Waals surface area contributed by atoms with Crippen LogP contribution in [0.2, 0.25) is 0 Å². The van der Waals surface area contributed by atoms with Crippen LogP contribution < -0.4 is 10.2 Å². The van der Waals surface area contributed by atoms with Crippen molar-refractivity contribution in [1.29, 1.82) is 0 Å². The normalized spacial score (nSPS) is 14.2. The third-order valence-electron chi connectivity index (χ3n) is 4.22. The Morgan fingerprint density at radius 2 is 1.78 bits per heavy atom. The summed E-state index contributed by atoms with van der Waals surface area (Å²) in [4.78, 5) is 14.3. The summed E-state index contributed by atoms with van der Waals surface area (Å²) in [6, 6.07) is 14.6. The van der Waals surface area contributed by atoms with Crippen LogP contribution in [0.15, 0.2) is 57.6 Å². The molecule has 138 valence electrons. The minimum absolute atomic E-state index is 0.246. The molecule has 1 N–H and O–H groups in total. The first-order valence-electron chi connectivity index (χ1n) is 8.52. The molecule has 1 saturated heterocycles. The minimum Gasteiger partial charge on any atom is -0.444 e. The average molecular weight is 429 g/mol. The molecular weight excluding hydrogens is 412 g/mol. The van der Waals surface area contributed by atoms with Crippen molar-refractivity contribution in [2.24, 2.45) is 0 Å². The van der Waals surface area contributed by atoms with Gasteiger partial charge in [0, 0.05) is 24.3 Å². The van der Waals surface area contributed by atoms with Gasteiger partial charge in [-0.05, 0) is 52.3 Å². The molecule has 0 atom stereocenters. The number of aromatic nitrogens is 2. The van der Waals surface area contributed by atoms with E-state index in [1.54, 1.807) is 12.1 Å². The summed E-state index contributed by atoms with van der Waals surface area (Å²) in [5.41, 5.74) is 2.38. The second kappa shape index (κ2) is 7.89. The Kier molecular flexibility index (Phi) is 5.17. The molecule has 1 aliphatic rings. The molecule has 0 radical (unpaired) electrons. The van der Waals surface area contributed by atoms with Crippen LogP contribution in [0.4, 0.5) is 11.5 Å². The van der Waals surface area contributed by atoms with E-state index in [-0.39, 0.29) is 11.7 Å². The Labute approximate surface area is 164 Å². The molecule has 3 heterocycles. The Hall–Kier alpha value is -2.71. The number of rotatable bonds is 4. The summed E-state index contributed by atoms with van der Waals surface area (Å²) in [7, 11) is 0. The summed E-state index contributed by atoms with van der Waals surface area (Å²) in [5.74, 6) is 0.800. The molecule has 0 spiro atoms. The van der Waals surface area contributed by atoms with Gasteiger partial charge >= 0.3 is 0 Å². The SMILES string of the molecule is O=C(Nc1ccc(-c2ccc(N3CCOCC3)nn2)cc1)c1ccc(Br)o1. The fourth-order valence-corrected chi connectivity index (χ4v) is 3.10. The number of carbonyl (C=O) groups is 1. The summed E-state index contributed by atoms with van der Waals surface area (Å²) in [5, 5.41) is 11.4. The van der Waals surface area contributed by atoms with Crippen LogP contribution in [-0.4, -0.2) is 42.4 Å². The van der Waals surface area contributed by atoms with Crippen LogP contribution >= 0.6 is 15.9 Å². The number of hydrogen-bond acceptors (Lipinski definition) is 6. The predicted octanol–water partition coefficient (Wildman–Crippen LogP) is 3.59. The summed E-state index contributed by atoms with van der Waals surface area (Å²) >= 11 is 3.18. The van der Waals surface area contributed by atoms with E-state index in [9.17, 15) is 4.79 Å². The summed E-state index contributed by atoms with van der Waals surface area (Å²) in [6.07, 6.45) is 0. The number of benzene rings is 1. The molecule has 2 aromatic heterocycles. The highest BCUT2D eigenvalue weighted by molar-refractivity contribution is 9.10. The molecule has 0 saturated carbocycles. The molecule has 0 aliphatic carbocycles. The lowest BCUT2D eigenvalue weighted by Crippen LogP contribution is -2.36. The van der Waals surface area contributed by atoms with Crippen LogP contribution in [0.1, 0.15) is 10.6 Å². The monoisotopic (exact) mass is 428 g/mol. The van der Waals surface area contributed by atoms with Crippen molar-refractivity contribution in [3.8, 4) is 11.3 Å². The zero-order valence-electron chi connectivity index (χ0n) is 14.4. The first kappa shape index (κ1) is 17.7. The number of amides is 1. The molecular formula is C19H17BrN4O3. The van der Waals surface area contributed by atoms with Gasteiger partial charge < -0.3 is 19.4 Å². The largest absolute Gasteiger partial charge is 0.444 e. The minimum atomic E-state index is -0.303. The highest BCUT2D eigenvalue weighted by Crippen LogP contribution is 2.22. The van der Waals surface area contributed by atoms with Gasteiger partial charge in [0.05, 0.1) is 18.9 Å². The Balaban J connectivity index is 1.43. The van der Waals surface area contributed by atoms with Gasteiger partial charge in [-0.1, -0.05) is 12.1 Å². The van der Waals surface area contributed by atoms with E-state index < -0.39 is 0 Å². The highest BCUT2D eigenvalue weighted by atomic mass is 79.9. The van der Waals surface area contributed by atoms with E-state index in [2.05, 4.69) is 36.3 Å². The zero-order valence-corrected chi connectivity index (χ0v) is 16.0. The van der Waals surface area contributed by atoms with Crippen molar-refractivity contribution in [2.75, 3.05) is 36.5 Å². The van der Waals surface area contributed by atoms with Crippen molar-refractivity contribution in [2.45, 2.75) is 0 Å². The molecule has 27 heavy (non-hydrogen) atoms. The number of furan rings is 1. The van der Waals surface area contributed by atoms with E-state index in [0.717, 1.165) is 30.2 Å².